The Morgan fingerprint density at radius 2 is 1.35 bits per heavy atom. The van der Waals surface area contributed by atoms with Gasteiger partial charge in [0.25, 0.3) is 0 Å². The first-order valence-electron chi connectivity index (χ1n) is 12.4. The van der Waals surface area contributed by atoms with E-state index in [4.69, 9.17) is 9.47 Å². The summed E-state index contributed by atoms with van der Waals surface area (Å²) in [5, 5.41) is 9.21. The van der Waals surface area contributed by atoms with Crippen molar-refractivity contribution in [2.24, 2.45) is 0 Å². The monoisotopic (exact) mass is 438 g/mol. The molecule has 0 aliphatic heterocycles. The number of carbonyl (C=O) groups excluding carboxylic acids is 2. The Morgan fingerprint density at radius 3 is 1.94 bits per heavy atom. The van der Waals surface area contributed by atoms with E-state index in [1.807, 2.05) is 0 Å². The van der Waals surface area contributed by atoms with Gasteiger partial charge in [0.2, 0.25) is 0 Å². The normalized spacial score (nSPS) is 12.5. The van der Waals surface area contributed by atoms with Gasteiger partial charge in [-0.1, -0.05) is 83.1 Å². The van der Waals surface area contributed by atoms with Gasteiger partial charge in [0.15, 0.2) is 6.10 Å². The number of carbonyl (C=O) groups is 2. The van der Waals surface area contributed by atoms with Crippen LogP contribution in [-0.2, 0) is 19.1 Å². The highest BCUT2D eigenvalue weighted by Crippen LogP contribution is 2.11. The highest BCUT2D eigenvalue weighted by Gasteiger charge is 2.15. The van der Waals surface area contributed by atoms with Crippen molar-refractivity contribution in [3.63, 3.8) is 0 Å². The molecule has 0 aromatic carbocycles. The lowest BCUT2D eigenvalue weighted by Gasteiger charge is -2.15. The first-order valence-corrected chi connectivity index (χ1v) is 12.4. The van der Waals surface area contributed by atoms with E-state index in [1.165, 1.54) is 51.4 Å². The molecule has 0 spiro atoms. The lowest BCUT2D eigenvalue weighted by Crippen LogP contribution is -2.28. The summed E-state index contributed by atoms with van der Waals surface area (Å²) in [7, 11) is 0. The van der Waals surface area contributed by atoms with Gasteiger partial charge in [-0.25, -0.2) is 0 Å². The highest BCUT2D eigenvalue weighted by atomic mass is 16.6. The van der Waals surface area contributed by atoms with Gasteiger partial charge >= 0.3 is 11.9 Å². The average Bonchev–Trinajstić information content (AvgIpc) is 2.78. The summed E-state index contributed by atoms with van der Waals surface area (Å²) in [5.41, 5.74) is 0. The van der Waals surface area contributed by atoms with Crippen LogP contribution in [0.2, 0.25) is 0 Å². The van der Waals surface area contributed by atoms with Gasteiger partial charge in [0.1, 0.15) is 6.61 Å². The third kappa shape index (κ3) is 21.4. The van der Waals surface area contributed by atoms with Crippen LogP contribution >= 0.6 is 0 Å². The minimum absolute atomic E-state index is 0.0835. The fourth-order valence-electron chi connectivity index (χ4n) is 3.09. The van der Waals surface area contributed by atoms with Gasteiger partial charge < -0.3 is 14.6 Å². The number of unbranched alkanes of at least 4 members (excludes halogenated alkanes) is 10. The SMILES string of the molecule is CCCCC/C=C\C/C=C\CCCCCCCCCC(=O)OC(CO)COC(=O)CC. The standard InChI is InChI=1S/C26H46O5/c1-3-5-6-7-8-9-10-11-12-13-14-15-16-17-18-19-20-21-26(29)31-24(22-27)23-30-25(28)4-2/h8-9,11-12,24,27H,3-7,10,13-23H2,1-2H3/b9-8-,12-11-. The summed E-state index contributed by atoms with van der Waals surface area (Å²) in [5.74, 6) is -0.704. The van der Waals surface area contributed by atoms with Crippen molar-refractivity contribution in [3.05, 3.63) is 24.3 Å². The van der Waals surface area contributed by atoms with E-state index in [2.05, 4.69) is 31.2 Å². The van der Waals surface area contributed by atoms with Gasteiger partial charge in [-0.2, -0.15) is 0 Å². The second kappa shape index (κ2) is 23.1. The van der Waals surface area contributed by atoms with Crippen LogP contribution in [-0.4, -0.2) is 36.4 Å². The summed E-state index contributed by atoms with van der Waals surface area (Å²) in [6, 6.07) is 0. The number of esters is 2. The van der Waals surface area contributed by atoms with Crippen molar-refractivity contribution in [2.75, 3.05) is 13.2 Å². The van der Waals surface area contributed by atoms with Crippen LogP contribution in [0.4, 0.5) is 0 Å². The summed E-state index contributed by atoms with van der Waals surface area (Å²) >= 11 is 0. The number of aliphatic hydroxyl groups excluding tert-OH is 1. The predicted octanol–water partition coefficient (Wildman–Crippen LogP) is 6.44. The highest BCUT2D eigenvalue weighted by molar-refractivity contribution is 5.70. The predicted molar refractivity (Wildman–Crippen MR) is 127 cm³/mol. The Kier molecular flexibility index (Phi) is 21.8. The van der Waals surface area contributed by atoms with Gasteiger partial charge in [-0.05, 0) is 38.5 Å². The lowest BCUT2D eigenvalue weighted by molar-refractivity contribution is -0.161. The Bertz CT molecular complexity index is 484. The fraction of sp³-hybridized carbons (Fsp3) is 0.769. The summed E-state index contributed by atoms with van der Waals surface area (Å²) in [6.45, 7) is 3.50. The van der Waals surface area contributed by atoms with E-state index in [1.54, 1.807) is 6.92 Å². The summed E-state index contributed by atoms with van der Waals surface area (Å²) < 4.78 is 10.0. The van der Waals surface area contributed by atoms with Crippen molar-refractivity contribution < 1.29 is 24.2 Å². The van der Waals surface area contributed by atoms with Crippen molar-refractivity contribution in [3.8, 4) is 0 Å². The molecule has 0 aromatic heterocycles. The smallest absolute Gasteiger partial charge is 0.306 e. The van der Waals surface area contributed by atoms with E-state index >= 15 is 0 Å². The molecular formula is C26H46O5. The van der Waals surface area contributed by atoms with Crippen molar-refractivity contribution >= 4 is 11.9 Å². The molecule has 0 aliphatic rings. The number of hydrogen-bond donors (Lipinski definition) is 1. The minimum atomic E-state index is -0.765. The van der Waals surface area contributed by atoms with E-state index in [9.17, 15) is 14.7 Å². The number of ether oxygens (including phenoxy) is 2. The van der Waals surface area contributed by atoms with E-state index in [0.717, 1.165) is 32.1 Å². The molecule has 0 aromatic rings. The van der Waals surface area contributed by atoms with Crippen LogP contribution in [0.15, 0.2) is 24.3 Å². The Labute approximate surface area is 190 Å². The first kappa shape index (κ1) is 29.4. The van der Waals surface area contributed by atoms with E-state index < -0.39 is 6.10 Å². The third-order valence-corrected chi connectivity index (χ3v) is 5.05. The molecule has 5 nitrogen and oxygen atoms in total. The molecule has 0 fully saturated rings. The molecule has 180 valence electrons. The summed E-state index contributed by atoms with van der Waals surface area (Å²) in [6.07, 6.45) is 24.2. The summed E-state index contributed by atoms with van der Waals surface area (Å²) in [4.78, 5) is 22.9. The van der Waals surface area contributed by atoms with Crippen LogP contribution in [0.25, 0.3) is 0 Å². The zero-order valence-electron chi connectivity index (χ0n) is 20.0. The van der Waals surface area contributed by atoms with Gasteiger partial charge in [-0.15, -0.1) is 0 Å². The largest absolute Gasteiger partial charge is 0.462 e. The fourth-order valence-corrected chi connectivity index (χ4v) is 3.09. The molecule has 0 bridgehead atoms. The van der Waals surface area contributed by atoms with E-state index in [0.29, 0.717) is 6.42 Å². The van der Waals surface area contributed by atoms with Gasteiger partial charge in [0, 0.05) is 12.8 Å². The van der Waals surface area contributed by atoms with Crippen molar-refractivity contribution in [1.29, 1.82) is 0 Å². The van der Waals surface area contributed by atoms with Crippen LogP contribution in [0.5, 0.6) is 0 Å². The molecule has 5 heteroatoms. The number of aliphatic hydroxyl groups is 1. The quantitative estimate of drug-likeness (QED) is 0.127. The number of rotatable bonds is 21. The molecule has 0 radical (unpaired) electrons. The van der Waals surface area contributed by atoms with Crippen molar-refractivity contribution in [1.82, 2.24) is 0 Å². The number of hydrogen-bond acceptors (Lipinski definition) is 5. The average molecular weight is 439 g/mol. The third-order valence-electron chi connectivity index (χ3n) is 5.05. The molecule has 0 rings (SSSR count). The Hall–Kier alpha value is -1.62. The van der Waals surface area contributed by atoms with Crippen LogP contribution < -0.4 is 0 Å². The second-order valence-electron chi connectivity index (χ2n) is 8.02. The molecule has 1 unspecified atom stereocenters. The van der Waals surface area contributed by atoms with Gasteiger partial charge in [0.05, 0.1) is 6.61 Å². The molecule has 0 amide bonds. The molecule has 0 heterocycles. The van der Waals surface area contributed by atoms with Crippen LogP contribution in [0, 0.1) is 0 Å². The topological polar surface area (TPSA) is 72.8 Å². The molecule has 0 saturated carbocycles. The molecule has 0 saturated heterocycles. The Morgan fingerprint density at radius 1 is 0.774 bits per heavy atom. The second-order valence-corrected chi connectivity index (χ2v) is 8.02. The minimum Gasteiger partial charge on any atom is -0.462 e. The molecule has 0 aliphatic carbocycles. The first-order chi connectivity index (χ1) is 15.1. The molecule has 31 heavy (non-hydrogen) atoms. The maximum Gasteiger partial charge on any atom is 0.306 e. The molecule has 1 atom stereocenters. The Balaban J connectivity index is 3.47. The van der Waals surface area contributed by atoms with Crippen molar-refractivity contribution in [2.45, 2.75) is 116 Å². The van der Waals surface area contributed by atoms with E-state index in [-0.39, 0.29) is 31.6 Å². The van der Waals surface area contributed by atoms with Crippen LogP contribution in [0.3, 0.4) is 0 Å². The van der Waals surface area contributed by atoms with Crippen LogP contribution in [0.1, 0.15) is 110 Å². The zero-order valence-corrected chi connectivity index (χ0v) is 20.0. The number of allylic oxidation sites excluding steroid dienone is 4. The molecular weight excluding hydrogens is 392 g/mol. The van der Waals surface area contributed by atoms with Gasteiger partial charge in [-0.3, -0.25) is 9.59 Å². The lowest BCUT2D eigenvalue weighted by atomic mass is 10.1. The maximum absolute atomic E-state index is 11.8. The zero-order chi connectivity index (χ0) is 23.0. The molecule has 1 N–H and O–H groups in total. The maximum atomic E-state index is 11.8.